The molecule has 0 unspecified atom stereocenters. The van der Waals surface area contributed by atoms with E-state index in [1.54, 1.807) is 36.4 Å². The second-order valence-electron chi connectivity index (χ2n) is 6.52. The topological polar surface area (TPSA) is 122 Å². The van der Waals surface area contributed by atoms with Gasteiger partial charge in [-0.25, -0.2) is 8.42 Å². The van der Waals surface area contributed by atoms with Crippen molar-refractivity contribution in [1.82, 2.24) is 4.72 Å². The van der Waals surface area contributed by atoms with Gasteiger partial charge >= 0.3 is 5.97 Å². The van der Waals surface area contributed by atoms with Gasteiger partial charge in [-0.1, -0.05) is 48.5 Å². The molecule has 150 valence electrons. The first-order valence-electron chi connectivity index (χ1n) is 8.82. The van der Waals surface area contributed by atoms with Crippen molar-refractivity contribution >= 4 is 32.6 Å². The summed E-state index contributed by atoms with van der Waals surface area (Å²) in [7, 11) is -2.77. The Morgan fingerprint density at radius 3 is 2.48 bits per heavy atom. The molecule has 8 heteroatoms. The zero-order valence-corrected chi connectivity index (χ0v) is 16.6. The van der Waals surface area contributed by atoms with Crippen LogP contribution in [0, 0.1) is 5.41 Å². The third kappa shape index (κ3) is 4.79. The summed E-state index contributed by atoms with van der Waals surface area (Å²) in [6.45, 7) is 0. The highest BCUT2D eigenvalue weighted by Gasteiger charge is 2.27. The van der Waals surface area contributed by atoms with Crippen LogP contribution < -0.4 is 10.5 Å². The van der Waals surface area contributed by atoms with Crippen LogP contribution in [0.4, 0.5) is 0 Å². The molecule has 0 bridgehead atoms. The normalized spacial score (nSPS) is 12.4. The van der Waals surface area contributed by atoms with Crippen LogP contribution in [0.5, 0.6) is 0 Å². The molecule has 0 fully saturated rings. The van der Waals surface area contributed by atoms with Crippen molar-refractivity contribution in [2.24, 2.45) is 5.73 Å². The van der Waals surface area contributed by atoms with E-state index in [4.69, 9.17) is 15.9 Å². The first-order valence-corrected chi connectivity index (χ1v) is 10.3. The lowest BCUT2D eigenvalue weighted by atomic mass is 10.0. The van der Waals surface area contributed by atoms with E-state index in [0.29, 0.717) is 11.1 Å². The lowest BCUT2D eigenvalue weighted by Crippen LogP contribution is -2.43. The van der Waals surface area contributed by atoms with Crippen molar-refractivity contribution in [3.8, 4) is 0 Å². The van der Waals surface area contributed by atoms with Crippen molar-refractivity contribution in [1.29, 1.82) is 5.41 Å². The van der Waals surface area contributed by atoms with Crippen LogP contribution >= 0.6 is 0 Å². The lowest BCUT2D eigenvalue weighted by Gasteiger charge is -2.17. The predicted molar refractivity (Wildman–Crippen MR) is 111 cm³/mol. The third-order valence-electron chi connectivity index (χ3n) is 4.49. The molecule has 29 heavy (non-hydrogen) atoms. The van der Waals surface area contributed by atoms with Gasteiger partial charge in [0, 0.05) is 5.56 Å². The van der Waals surface area contributed by atoms with Gasteiger partial charge < -0.3 is 10.5 Å². The summed E-state index contributed by atoms with van der Waals surface area (Å²) in [6, 6.07) is 17.8. The van der Waals surface area contributed by atoms with Gasteiger partial charge in [-0.15, -0.1) is 0 Å². The number of nitrogens with two attached hydrogens (primary N) is 1. The number of fused-ring (bicyclic) bond motifs is 1. The molecule has 4 N–H and O–H groups in total. The molecule has 1 atom stereocenters. The van der Waals surface area contributed by atoms with Gasteiger partial charge in [0.05, 0.1) is 12.0 Å². The fraction of sp³-hybridized carbons (Fsp3) is 0.143. The largest absolute Gasteiger partial charge is 0.468 e. The van der Waals surface area contributed by atoms with E-state index in [1.807, 2.05) is 24.3 Å². The molecule has 0 amide bonds. The summed E-state index contributed by atoms with van der Waals surface area (Å²) in [5, 5.41) is 9.22. The molecule has 0 heterocycles. The molecule has 0 aromatic heterocycles. The van der Waals surface area contributed by atoms with Crippen LogP contribution in [0.25, 0.3) is 10.8 Å². The molecule has 0 spiro atoms. The Balaban J connectivity index is 1.89. The number of rotatable bonds is 7. The molecular formula is C21H21N3O4S. The maximum absolute atomic E-state index is 12.9. The smallest absolute Gasteiger partial charge is 0.324 e. The summed E-state index contributed by atoms with van der Waals surface area (Å²) in [6.07, 6.45) is 0.0562. The minimum Gasteiger partial charge on any atom is -0.468 e. The minimum atomic E-state index is -3.97. The summed E-state index contributed by atoms with van der Waals surface area (Å²) in [5.41, 5.74) is 6.64. The number of carbonyl (C=O) groups excluding carboxylic acids is 1. The van der Waals surface area contributed by atoms with Crippen LogP contribution in [0.3, 0.4) is 0 Å². The van der Waals surface area contributed by atoms with Crippen molar-refractivity contribution in [3.63, 3.8) is 0 Å². The van der Waals surface area contributed by atoms with Crippen LogP contribution in [0.15, 0.2) is 71.6 Å². The van der Waals surface area contributed by atoms with E-state index in [9.17, 15) is 13.2 Å². The Morgan fingerprint density at radius 2 is 1.79 bits per heavy atom. The van der Waals surface area contributed by atoms with E-state index in [0.717, 1.165) is 10.8 Å². The minimum absolute atomic E-state index is 0.0562. The molecule has 7 nitrogen and oxygen atoms in total. The molecule has 3 aromatic rings. The maximum atomic E-state index is 12.9. The lowest BCUT2D eigenvalue weighted by molar-refractivity contribution is -0.142. The van der Waals surface area contributed by atoms with E-state index < -0.39 is 22.0 Å². The van der Waals surface area contributed by atoms with Crippen LogP contribution in [-0.4, -0.2) is 33.4 Å². The Kier molecular flexibility index (Phi) is 5.95. The fourth-order valence-electron chi connectivity index (χ4n) is 3.01. The number of sulfonamides is 1. The van der Waals surface area contributed by atoms with Gasteiger partial charge in [0.2, 0.25) is 10.0 Å². The zero-order valence-electron chi connectivity index (χ0n) is 15.8. The number of benzene rings is 3. The van der Waals surface area contributed by atoms with Gasteiger partial charge in [0.25, 0.3) is 0 Å². The number of amidine groups is 1. The van der Waals surface area contributed by atoms with Crippen LogP contribution in [0.2, 0.25) is 0 Å². The molecule has 3 aromatic carbocycles. The Labute approximate surface area is 169 Å². The molecule has 0 aliphatic heterocycles. The molecule has 3 rings (SSSR count). The van der Waals surface area contributed by atoms with E-state index in [1.165, 1.54) is 13.2 Å². The zero-order chi connectivity index (χ0) is 21.0. The van der Waals surface area contributed by atoms with Gasteiger partial charge in [0.1, 0.15) is 11.9 Å². The van der Waals surface area contributed by atoms with Crippen molar-refractivity contribution in [2.45, 2.75) is 17.4 Å². The summed E-state index contributed by atoms with van der Waals surface area (Å²) < 4.78 is 33.0. The molecule has 0 aliphatic rings. The molecular weight excluding hydrogens is 390 g/mol. The Hall–Kier alpha value is -3.23. The molecule has 0 saturated carbocycles. The monoisotopic (exact) mass is 411 g/mol. The number of hydrogen-bond acceptors (Lipinski definition) is 5. The number of hydrogen-bond donors (Lipinski definition) is 3. The van der Waals surface area contributed by atoms with Crippen molar-refractivity contribution in [2.75, 3.05) is 7.11 Å². The fourth-order valence-corrected chi connectivity index (χ4v) is 4.23. The number of esters is 1. The number of methoxy groups -OCH3 is 1. The quantitative estimate of drug-likeness (QED) is 0.312. The molecule has 0 radical (unpaired) electrons. The standard InChI is InChI=1S/C21H21N3O4S/c1-28-21(25)19(12-14-5-4-8-17(11-14)20(22)23)24-29(26,27)18-10-9-15-6-2-3-7-16(15)13-18/h2-11,13,19,24H,12H2,1H3,(H3,22,23)/t19-/m0/s1. The Bertz CT molecular complexity index is 1180. The molecule has 0 aliphatic carbocycles. The van der Waals surface area contributed by atoms with Gasteiger partial charge in [-0.2, -0.15) is 4.72 Å². The van der Waals surface area contributed by atoms with E-state index in [2.05, 4.69) is 4.72 Å². The Morgan fingerprint density at radius 1 is 1.07 bits per heavy atom. The summed E-state index contributed by atoms with van der Waals surface area (Å²) in [4.78, 5) is 12.3. The highest BCUT2D eigenvalue weighted by Crippen LogP contribution is 2.20. The first kappa shape index (κ1) is 20.5. The van der Waals surface area contributed by atoms with Gasteiger partial charge in [0.15, 0.2) is 0 Å². The van der Waals surface area contributed by atoms with E-state index >= 15 is 0 Å². The van der Waals surface area contributed by atoms with E-state index in [-0.39, 0.29) is 17.2 Å². The predicted octanol–water partition coefficient (Wildman–Crippen LogP) is 2.19. The number of ether oxygens (including phenoxy) is 1. The van der Waals surface area contributed by atoms with Crippen LogP contribution in [-0.2, 0) is 26.0 Å². The highest BCUT2D eigenvalue weighted by molar-refractivity contribution is 7.89. The van der Waals surface area contributed by atoms with Crippen molar-refractivity contribution in [3.05, 3.63) is 77.9 Å². The second kappa shape index (κ2) is 8.42. The maximum Gasteiger partial charge on any atom is 0.324 e. The molecule has 0 saturated heterocycles. The average Bonchev–Trinajstić information content (AvgIpc) is 2.72. The second-order valence-corrected chi connectivity index (χ2v) is 8.24. The SMILES string of the molecule is COC(=O)[C@H](Cc1cccc(C(=N)N)c1)NS(=O)(=O)c1ccc2ccccc2c1. The summed E-state index contributed by atoms with van der Waals surface area (Å²) >= 11 is 0. The highest BCUT2D eigenvalue weighted by atomic mass is 32.2. The van der Waals surface area contributed by atoms with Gasteiger partial charge in [-0.05, 0) is 41.0 Å². The third-order valence-corrected chi connectivity index (χ3v) is 5.96. The van der Waals surface area contributed by atoms with Crippen molar-refractivity contribution < 1.29 is 17.9 Å². The average molecular weight is 411 g/mol. The van der Waals surface area contributed by atoms with Crippen LogP contribution in [0.1, 0.15) is 11.1 Å². The number of carbonyl (C=O) groups is 1. The first-order chi connectivity index (χ1) is 13.8. The number of nitrogens with one attached hydrogen (secondary N) is 2. The van der Waals surface area contributed by atoms with Gasteiger partial charge in [-0.3, -0.25) is 10.2 Å². The number of nitrogen functional groups attached to an aromatic ring is 1. The summed E-state index contributed by atoms with van der Waals surface area (Å²) in [5.74, 6) is -0.819.